The summed E-state index contributed by atoms with van der Waals surface area (Å²) in [5.41, 5.74) is 1.59. The zero-order valence-corrected chi connectivity index (χ0v) is 12.0. The van der Waals surface area contributed by atoms with E-state index in [1.54, 1.807) is 7.11 Å². The molecule has 0 spiro atoms. The third-order valence-corrected chi connectivity index (χ3v) is 4.20. The van der Waals surface area contributed by atoms with E-state index in [4.69, 9.17) is 4.74 Å². The number of rotatable bonds is 2. The summed E-state index contributed by atoms with van der Waals surface area (Å²) in [6.45, 7) is 5.01. The molecular formula is C13H18BrNO2. The maximum absolute atomic E-state index is 10.3. The molecule has 0 saturated carbocycles. The van der Waals surface area contributed by atoms with Crippen LogP contribution in [0.4, 0.5) is 0 Å². The van der Waals surface area contributed by atoms with E-state index in [1.165, 1.54) is 0 Å². The van der Waals surface area contributed by atoms with Crippen LogP contribution in [0.5, 0.6) is 11.5 Å². The van der Waals surface area contributed by atoms with Gasteiger partial charge in [0, 0.05) is 16.7 Å². The molecule has 1 aliphatic rings. The first kappa shape index (κ1) is 12.7. The van der Waals surface area contributed by atoms with Gasteiger partial charge in [0.1, 0.15) is 11.5 Å². The van der Waals surface area contributed by atoms with E-state index < -0.39 is 0 Å². The van der Waals surface area contributed by atoms with E-state index in [1.807, 2.05) is 13.0 Å². The molecule has 1 aromatic carbocycles. The minimum Gasteiger partial charge on any atom is -0.507 e. The molecule has 3 nitrogen and oxygen atoms in total. The lowest BCUT2D eigenvalue weighted by molar-refractivity contribution is 0.377. The van der Waals surface area contributed by atoms with Gasteiger partial charge in [-0.25, -0.2) is 0 Å². The number of halogens is 1. The highest BCUT2D eigenvalue weighted by atomic mass is 79.9. The van der Waals surface area contributed by atoms with Crippen LogP contribution in [0.15, 0.2) is 10.5 Å². The SMILES string of the molecule is COc1c(Br)cc(C2(C)CCCN2)c(O)c1C. The van der Waals surface area contributed by atoms with Crippen LogP contribution in [-0.2, 0) is 5.54 Å². The number of hydrogen-bond donors (Lipinski definition) is 2. The van der Waals surface area contributed by atoms with Crippen molar-refractivity contribution in [1.29, 1.82) is 0 Å². The zero-order valence-electron chi connectivity index (χ0n) is 10.4. The van der Waals surface area contributed by atoms with Crippen molar-refractivity contribution in [2.75, 3.05) is 13.7 Å². The molecule has 17 heavy (non-hydrogen) atoms. The normalized spacial score (nSPS) is 24.0. The molecule has 4 heteroatoms. The van der Waals surface area contributed by atoms with Crippen LogP contribution in [0.25, 0.3) is 0 Å². The lowest BCUT2D eigenvalue weighted by Crippen LogP contribution is -2.33. The van der Waals surface area contributed by atoms with E-state index in [0.717, 1.165) is 35.0 Å². The van der Waals surface area contributed by atoms with E-state index in [-0.39, 0.29) is 5.54 Å². The van der Waals surface area contributed by atoms with Crippen molar-refractivity contribution in [2.45, 2.75) is 32.2 Å². The molecule has 1 aromatic rings. The second-order valence-corrected chi connectivity index (χ2v) is 5.63. The maximum atomic E-state index is 10.3. The molecule has 0 bridgehead atoms. The van der Waals surface area contributed by atoms with Crippen LogP contribution in [-0.4, -0.2) is 18.8 Å². The fourth-order valence-electron chi connectivity index (χ4n) is 2.54. The Kier molecular flexibility index (Phi) is 3.36. The highest BCUT2D eigenvalue weighted by Crippen LogP contribution is 2.43. The lowest BCUT2D eigenvalue weighted by Gasteiger charge is -2.27. The predicted molar refractivity (Wildman–Crippen MR) is 71.7 cm³/mol. The first-order chi connectivity index (χ1) is 7.99. The Hall–Kier alpha value is -0.740. The summed E-state index contributed by atoms with van der Waals surface area (Å²) in [6, 6.07) is 1.96. The largest absolute Gasteiger partial charge is 0.507 e. The predicted octanol–water partition coefficient (Wildman–Crippen LogP) is 3.07. The van der Waals surface area contributed by atoms with Gasteiger partial charge in [-0.15, -0.1) is 0 Å². The Morgan fingerprint density at radius 2 is 2.24 bits per heavy atom. The van der Waals surface area contributed by atoms with Crippen molar-refractivity contribution < 1.29 is 9.84 Å². The second-order valence-electron chi connectivity index (χ2n) is 4.78. The van der Waals surface area contributed by atoms with Gasteiger partial charge in [0.05, 0.1) is 11.6 Å². The van der Waals surface area contributed by atoms with Crippen LogP contribution in [0.3, 0.4) is 0 Å². The molecule has 1 aliphatic heterocycles. The molecule has 1 atom stereocenters. The summed E-state index contributed by atoms with van der Waals surface area (Å²) in [5, 5.41) is 13.8. The summed E-state index contributed by atoms with van der Waals surface area (Å²) in [4.78, 5) is 0. The highest BCUT2D eigenvalue weighted by molar-refractivity contribution is 9.10. The molecule has 2 rings (SSSR count). The number of aromatic hydroxyl groups is 1. The lowest BCUT2D eigenvalue weighted by atomic mass is 9.88. The summed E-state index contributed by atoms with van der Waals surface area (Å²) in [7, 11) is 1.61. The van der Waals surface area contributed by atoms with Crippen molar-refractivity contribution in [3.63, 3.8) is 0 Å². The fraction of sp³-hybridized carbons (Fsp3) is 0.538. The van der Waals surface area contributed by atoms with Gasteiger partial charge in [-0.3, -0.25) is 0 Å². The van der Waals surface area contributed by atoms with Crippen LogP contribution < -0.4 is 10.1 Å². The first-order valence-electron chi connectivity index (χ1n) is 5.81. The average molecular weight is 300 g/mol. The highest BCUT2D eigenvalue weighted by Gasteiger charge is 2.34. The van der Waals surface area contributed by atoms with Crippen molar-refractivity contribution in [2.24, 2.45) is 0 Å². The first-order valence-corrected chi connectivity index (χ1v) is 6.60. The maximum Gasteiger partial charge on any atom is 0.139 e. The number of hydrogen-bond acceptors (Lipinski definition) is 3. The summed E-state index contributed by atoms with van der Waals surface area (Å²) in [5.74, 6) is 1.04. The van der Waals surface area contributed by atoms with Crippen LogP contribution in [0, 0.1) is 6.92 Å². The summed E-state index contributed by atoms with van der Waals surface area (Å²) in [6.07, 6.45) is 2.18. The van der Waals surface area contributed by atoms with Crippen molar-refractivity contribution in [3.8, 4) is 11.5 Å². The Balaban J connectivity index is 2.56. The van der Waals surface area contributed by atoms with E-state index >= 15 is 0 Å². The number of nitrogens with one attached hydrogen (secondary N) is 1. The smallest absolute Gasteiger partial charge is 0.139 e. The molecular weight excluding hydrogens is 282 g/mol. The van der Waals surface area contributed by atoms with E-state index in [9.17, 15) is 5.11 Å². The van der Waals surface area contributed by atoms with Crippen LogP contribution >= 0.6 is 15.9 Å². The quantitative estimate of drug-likeness (QED) is 0.882. The molecule has 1 fully saturated rings. The van der Waals surface area contributed by atoms with Gasteiger partial charge in [-0.2, -0.15) is 0 Å². The standard InChI is InChI=1S/C13H18BrNO2/c1-8-11(16)9(7-10(14)12(8)17-3)13(2)5-4-6-15-13/h7,15-16H,4-6H2,1-3H3. The third kappa shape index (κ3) is 2.04. The van der Waals surface area contributed by atoms with Gasteiger partial charge in [0.2, 0.25) is 0 Å². The Morgan fingerprint density at radius 3 is 2.76 bits per heavy atom. The van der Waals surface area contributed by atoms with Gasteiger partial charge in [-0.1, -0.05) is 0 Å². The monoisotopic (exact) mass is 299 g/mol. The Bertz CT molecular complexity index is 440. The van der Waals surface area contributed by atoms with Crippen molar-refractivity contribution in [3.05, 3.63) is 21.7 Å². The van der Waals surface area contributed by atoms with Crippen molar-refractivity contribution >= 4 is 15.9 Å². The minimum absolute atomic E-state index is 0.135. The van der Waals surface area contributed by atoms with Crippen LogP contribution in [0.1, 0.15) is 30.9 Å². The van der Waals surface area contributed by atoms with Gasteiger partial charge in [0.15, 0.2) is 0 Å². The zero-order chi connectivity index (χ0) is 12.6. The molecule has 1 unspecified atom stereocenters. The van der Waals surface area contributed by atoms with E-state index in [2.05, 4.69) is 28.2 Å². The molecule has 0 radical (unpaired) electrons. The Morgan fingerprint density at radius 1 is 1.53 bits per heavy atom. The Labute approximate surface area is 110 Å². The number of ether oxygens (including phenoxy) is 1. The molecule has 0 amide bonds. The summed E-state index contributed by atoms with van der Waals surface area (Å²) < 4.78 is 6.17. The van der Waals surface area contributed by atoms with Gasteiger partial charge in [0.25, 0.3) is 0 Å². The molecule has 0 aliphatic carbocycles. The second kappa shape index (κ2) is 4.50. The fourth-order valence-corrected chi connectivity index (χ4v) is 3.23. The number of phenolic OH excluding ortho intramolecular Hbond substituents is 1. The molecule has 2 N–H and O–H groups in total. The van der Waals surface area contributed by atoms with Crippen molar-refractivity contribution in [1.82, 2.24) is 5.32 Å². The summed E-state index contributed by atoms with van der Waals surface area (Å²) >= 11 is 3.50. The third-order valence-electron chi connectivity index (χ3n) is 3.61. The average Bonchev–Trinajstić information content (AvgIpc) is 2.72. The number of benzene rings is 1. The topological polar surface area (TPSA) is 41.5 Å². The minimum atomic E-state index is -0.135. The van der Waals surface area contributed by atoms with Crippen LogP contribution in [0.2, 0.25) is 0 Å². The number of methoxy groups -OCH3 is 1. The molecule has 94 valence electrons. The molecule has 1 saturated heterocycles. The van der Waals surface area contributed by atoms with E-state index in [0.29, 0.717) is 11.5 Å². The molecule has 1 heterocycles. The van der Waals surface area contributed by atoms with Gasteiger partial charge in [-0.05, 0) is 55.2 Å². The van der Waals surface area contributed by atoms with Gasteiger partial charge >= 0.3 is 0 Å². The molecule has 0 aromatic heterocycles. The van der Waals surface area contributed by atoms with Gasteiger partial charge < -0.3 is 15.2 Å². The number of phenols is 1.